The van der Waals surface area contributed by atoms with Crippen LogP contribution in [-0.2, 0) is 0 Å². The number of amides is 2. The van der Waals surface area contributed by atoms with Crippen molar-refractivity contribution in [2.75, 3.05) is 32.7 Å². The van der Waals surface area contributed by atoms with Crippen LogP contribution >= 0.6 is 0 Å². The lowest BCUT2D eigenvalue weighted by molar-refractivity contribution is 0.171. The Kier molecular flexibility index (Phi) is 5.99. The number of H-pyrrole nitrogens is 1. The van der Waals surface area contributed by atoms with Crippen LogP contribution in [0.3, 0.4) is 0 Å². The third-order valence-corrected chi connectivity index (χ3v) is 5.82. The molecule has 25 heavy (non-hydrogen) atoms. The molecule has 0 saturated carbocycles. The molecular weight excluding hydrogens is 314 g/mol. The van der Waals surface area contributed by atoms with E-state index in [0.29, 0.717) is 5.92 Å². The van der Waals surface area contributed by atoms with Crippen molar-refractivity contribution in [2.45, 2.75) is 58.9 Å². The van der Waals surface area contributed by atoms with Crippen LogP contribution in [0.25, 0.3) is 0 Å². The van der Waals surface area contributed by atoms with Gasteiger partial charge in [-0.2, -0.15) is 5.10 Å². The summed E-state index contributed by atoms with van der Waals surface area (Å²) in [4.78, 5) is 17.3. The first-order valence-electron chi connectivity index (χ1n) is 9.88. The summed E-state index contributed by atoms with van der Waals surface area (Å²) in [5.74, 6) is 0.621. The van der Waals surface area contributed by atoms with Crippen molar-refractivity contribution in [3.8, 4) is 0 Å². The molecule has 3 heterocycles. The Morgan fingerprint density at radius 3 is 2.64 bits per heavy atom. The topological polar surface area (TPSA) is 64.3 Å². The molecule has 140 valence electrons. The van der Waals surface area contributed by atoms with Gasteiger partial charge in [0.05, 0.1) is 11.7 Å². The first kappa shape index (κ1) is 18.2. The third-order valence-electron chi connectivity index (χ3n) is 5.82. The van der Waals surface area contributed by atoms with E-state index in [2.05, 4.69) is 27.3 Å². The molecular formula is C19H33N5O. The van der Waals surface area contributed by atoms with Gasteiger partial charge < -0.3 is 15.1 Å². The van der Waals surface area contributed by atoms with Gasteiger partial charge in [0.15, 0.2) is 0 Å². The number of aryl methyl sites for hydroxylation is 2. The third kappa shape index (κ3) is 4.17. The molecule has 2 aliphatic rings. The summed E-state index contributed by atoms with van der Waals surface area (Å²) in [5.41, 5.74) is 3.32. The Labute approximate surface area is 151 Å². The Bertz CT molecular complexity index is 557. The van der Waals surface area contributed by atoms with E-state index in [9.17, 15) is 4.79 Å². The number of urea groups is 1. The predicted octanol–water partition coefficient (Wildman–Crippen LogP) is 3.00. The molecule has 2 saturated heterocycles. The van der Waals surface area contributed by atoms with E-state index >= 15 is 0 Å². The molecule has 0 bridgehead atoms. The fourth-order valence-corrected chi connectivity index (χ4v) is 4.42. The number of aromatic nitrogens is 2. The second kappa shape index (κ2) is 8.21. The van der Waals surface area contributed by atoms with E-state index < -0.39 is 0 Å². The van der Waals surface area contributed by atoms with Gasteiger partial charge in [-0.15, -0.1) is 0 Å². The Morgan fingerprint density at radius 1 is 1.24 bits per heavy atom. The standard InChI is InChI=1S/C19H33N5O/c1-4-9-23-11-7-16(8-12-23)13-20-19(25)24-10-5-6-17(24)18-14(2)21-22-15(18)3/h16-17H,4-13H2,1-3H3,(H,20,25)(H,21,22)/t17-/m1/s1. The van der Waals surface area contributed by atoms with Gasteiger partial charge >= 0.3 is 6.03 Å². The fraction of sp³-hybridized carbons (Fsp3) is 0.789. The SMILES string of the molecule is CCCN1CCC(CNC(=O)N2CCC[C@@H]2c2c(C)n[nH]c2C)CC1. The van der Waals surface area contributed by atoms with E-state index in [4.69, 9.17) is 0 Å². The minimum Gasteiger partial charge on any atom is -0.338 e. The minimum absolute atomic E-state index is 0.0958. The van der Waals surface area contributed by atoms with Crippen LogP contribution in [0.4, 0.5) is 4.79 Å². The molecule has 2 amide bonds. The van der Waals surface area contributed by atoms with Gasteiger partial charge in [-0.25, -0.2) is 4.79 Å². The summed E-state index contributed by atoms with van der Waals surface area (Å²) in [7, 11) is 0. The molecule has 1 aromatic rings. The molecule has 6 nitrogen and oxygen atoms in total. The van der Waals surface area contributed by atoms with E-state index in [1.807, 2.05) is 18.7 Å². The smallest absolute Gasteiger partial charge is 0.317 e. The van der Waals surface area contributed by atoms with Gasteiger partial charge in [-0.05, 0) is 71.5 Å². The number of nitrogens with one attached hydrogen (secondary N) is 2. The molecule has 6 heteroatoms. The highest BCUT2D eigenvalue weighted by Crippen LogP contribution is 2.34. The number of carbonyl (C=O) groups is 1. The molecule has 0 aliphatic carbocycles. The largest absolute Gasteiger partial charge is 0.338 e. The summed E-state index contributed by atoms with van der Waals surface area (Å²) in [5, 5.41) is 10.6. The number of piperidine rings is 1. The van der Waals surface area contributed by atoms with E-state index in [-0.39, 0.29) is 12.1 Å². The van der Waals surface area contributed by atoms with Crippen molar-refractivity contribution in [3.05, 3.63) is 17.0 Å². The van der Waals surface area contributed by atoms with Gasteiger partial charge in [0.1, 0.15) is 0 Å². The van der Waals surface area contributed by atoms with Crippen molar-refractivity contribution in [3.63, 3.8) is 0 Å². The van der Waals surface area contributed by atoms with Crippen LogP contribution in [0, 0.1) is 19.8 Å². The first-order valence-corrected chi connectivity index (χ1v) is 9.88. The van der Waals surface area contributed by atoms with Crippen molar-refractivity contribution in [2.24, 2.45) is 5.92 Å². The maximum Gasteiger partial charge on any atom is 0.317 e. The predicted molar refractivity (Wildman–Crippen MR) is 99.6 cm³/mol. The number of rotatable bonds is 5. The maximum absolute atomic E-state index is 12.8. The highest BCUT2D eigenvalue weighted by molar-refractivity contribution is 5.75. The second-order valence-electron chi connectivity index (χ2n) is 7.67. The second-order valence-corrected chi connectivity index (χ2v) is 7.67. The monoisotopic (exact) mass is 347 g/mol. The van der Waals surface area contributed by atoms with Crippen LogP contribution in [0.1, 0.15) is 62.0 Å². The zero-order valence-electron chi connectivity index (χ0n) is 16.0. The van der Waals surface area contributed by atoms with E-state index in [1.54, 1.807) is 0 Å². The van der Waals surface area contributed by atoms with Crippen molar-refractivity contribution in [1.82, 2.24) is 25.3 Å². The average molecular weight is 348 g/mol. The summed E-state index contributed by atoms with van der Waals surface area (Å²) in [6.45, 7) is 11.5. The zero-order chi connectivity index (χ0) is 17.8. The van der Waals surface area contributed by atoms with Crippen LogP contribution < -0.4 is 5.32 Å². The van der Waals surface area contributed by atoms with Gasteiger partial charge in [-0.3, -0.25) is 5.10 Å². The summed E-state index contributed by atoms with van der Waals surface area (Å²) < 4.78 is 0. The van der Waals surface area contributed by atoms with Crippen molar-refractivity contribution in [1.29, 1.82) is 0 Å². The van der Waals surface area contributed by atoms with Crippen LogP contribution in [0.15, 0.2) is 0 Å². The lowest BCUT2D eigenvalue weighted by atomic mass is 9.97. The van der Waals surface area contributed by atoms with Crippen LogP contribution in [-0.4, -0.2) is 58.8 Å². The van der Waals surface area contributed by atoms with E-state index in [1.165, 1.54) is 44.5 Å². The number of nitrogens with zero attached hydrogens (tertiary/aromatic N) is 3. The van der Waals surface area contributed by atoms with Gasteiger partial charge in [-0.1, -0.05) is 6.92 Å². The normalized spacial score (nSPS) is 22.5. The Morgan fingerprint density at radius 2 is 2.00 bits per heavy atom. The number of carbonyl (C=O) groups excluding carboxylic acids is 1. The molecule has 0 spiro atoms. The van der Waals surface area contributed by atoms with Crippen molar-refractivity contribution < 1.29 is 4.79 Å². The van der Waals surface area contributed by atoms with Gasteiger partial charge in [0.2, 0.25) is 0 Å². The first-order chi connectivity index (χ1) is 12.1. The quantitative estimate of drug-likeness (QED) is 0.860. The average Bonchev–Trinajstić information content (AvgIpc) is 3.20. The lowest BCUT2D eigenvalue weighted by Gasteiger charge is -2.32. The molecule has 3 rings (SSSR count). The van der Waals surface area contributed by atoms with Crippen LogP contribution in [0.2, 0.25) is 0 Å². The Hall–Kier alpha value is -1.56. The molecule has 1 atom stereocenters. The van der Waals surface area contributed by atoms with Crippen molar-refractivity contribution >= 4 is 6.03 Å². The lowest BCUT2D eigenvalue weighted by Crippen LogP contribution is -2.44. The summed E-state index contributed by atoms with van der Waals surface area (Å²) in [6.07, 6.45) is 5.72. The van der Waals surface area contributed by atoms with Crippen LogP contribution in [0.5, 0.6) is 0 Å². The summed E-state index contributed by atoms with van der Waals surface area (Å²) >= 11 is 0. The van der Waals surface area contributed by atoms with Gasteiger partial charge in [0, 0.05) is 24.3 Å². The highest BCUT2D eigenvalue weighted by atomic mass is 16.2. The molecule has 0 aromatic carbocycles. The van der Waals surface area contributed by atoms with Gasteiger partial charge in [0.25, 0.3) is 0 Å². The number of aromatic amines is 1. The maximum atomic E-state index is 12.8. The zero-order valence-corrected chi connectivity index (χ0v) is 16.0. The molecule has 2 fully saturated rings. The molecule has 2 aliphatic heterocycles. The molecule has 0 radical (unpaired) electrons. The fourth-order valence-electron chi connectivity index (χ4n) is 4.42. The molecule has 1 aromatic heterocycles. The molecule has 2 N–H and O–H groups in total. The number of hydrogen-bond acceptors (Lipinski definition) is 3. The molecule has 0 unspecified atom stereocenters. The minimum atomic E-state index is 0.0958. The number of likely N-dealkylation sites (tertiary alicyclic amines) is 2. The Balaban J connectivity index is 1.51. The number of hydrogen-bond donors (Lipinski definition) is 2. The summed E-state index contributed by atoms with van der Waals surface area (Å²) in [6, 6.07) is 0.267. The highest BCUT2D eigenvalue weighted by Gasteiger charge is 2.33. The van der Waals surface area contributed by atoms with E-state index in [0.717, 1.165) is 37.3 Å².